The summed E-state index contributed by atoms with van der Waals surface area (Å²) in [4.78, 5) is 0. The number of alkyl halides is 1. The Kier molecular flexibility index (Phi) is 38.7. The molecule has 1 atom stereocenters. The third-order valence-corrected chi connectivity index (χ3v) is 0.563. The van der Waals surface area contributed by atoms with Gasteiger partial charge in [-0.1, -0.05) is 6.92 Å². The van der Waals surface area contributed by atoms with E-state index >= 15 is 0 Å². The monoisotopic (exact) mass is 144 g/mol. The van der Waals surface area contributed by atoms with Crippen LogP contribution in [0.2, 0.25) is 0 Å². The standard InChI is InChI=1S/C4H9F.C3H4.C2H4/c1-3-4(2)5;1-3-2;1-2/h4H,3H2,1-2H3;1H,2H3;1-2H2. The van der Waals surface area contributed by atoms with Crippen LogP contribution in [0.25, 0.3) is 0 Å². The SMILES string of the molecule is C#CC.C=C.CCC(C)F. The minimum Gasteiger partial charge on any atom is -0.248 e. The zero-order chi connectivity index (χ0) is 8.99. The normalized spacial score (nSPS) is 8.70. The maximum absolute atomic E-state index is 11.4. The maximum atomic E-state index is 11.4. The average molecular weight is 144 g/mol. The summed E-state index contributed by atoms with van der Waals surface area (Å²) in [5, 5.41) is 0. The van der Waals surface area contributed by atoms with E-state index in [0.29, 0.717) is 6.42 Å². The molecule has 0 aliphatic heterocycles. The molecule has 0 radical (unpaired) electrons. The Hall–Kier alpha value is -0.770. The minimum absolute atomic E-state index is 0.616. The highest BCUT2D eigenvalue weighted by Crippen LogP contribution is 1.90. The second kappa shape index (κ2) is 24.0. The molecule has 60 valence electrons. The van der Waals surface area contributed by atoms with E-state index < -0.39 is 6.17 Å². The summed E-state index contributed by atoms with van der Waals surface area (Å²) in [6, 6.07) is 0. The number of hydrogen-bond acceptors (Lipinski definition) is 0. The van der Waals surface area contributed by atoms with Crippen molar-refractivity contribution in [2.24, 2.45) is 0 Å². The van der Waals surface area contributed by atoms with Crippen molar-refractivity contribution >= 4 is 0 Å². The number of hydrogen-bond donors (Lipinski definition) is 0. The lowest BCUT2D eigenvalue weighted by atomic mass is 10.4. The van der Waals surface area contributed by atoms with Crippen LogP contribution in [0.1, 0.15) is 27.2 Å². The van der Waals surface area contributed by atoms with Crippen molar-refractivity contribution in [2.45, 2.75) is 33.4 Å². The third-order valence-electron chi connectivity index (χ3n) is 0.563. The molecule has 0 spiro atoms. The Bertz CT molecular complexity index is 69.3. The summed E-state index contributed by atoms with van der Waals surface area (Å²) in [5.41, 5.74) is 0. The maximum Gasteiger partial charge on any atom is 0.0971 e. The van der Waals surface area contributed by atoms with Crippen molar-refractivity contribution in [3.63, 3.8) is 0 Å². The van der Waals surface area contributed by atoms with Gasteiger partial charge in [-0.2, -0.15) is 0 Å². The highest BCUT2D eigenvalue weighted by molar-refractivity contribution is 4.73. The number of terminal acetylenes is 1. The van der Waals surface area contributed by atoms with E-state index in [2.05, 4.69) is 25.5 Å². The van der Waals surface area contributed by atoms with Crippen molar-refractivity contribution < 1.29 is 4.39 Å². The van der Waals surface area contributed by atoms with Crippen LogP contribution in [-0.4, -0.2) is 6.17 Å². The molecule has 0 saturated heterocycles. The average Bonchev–Trinajstić information content (AvgIpc) is 1.94. The number of halogens is 1. The molecule has 0 bridgehead atoms. The predicted molar refractivity (Wildman–Crippen MR) is 46.6 cm³/mol. The summed E-state index contributed by atoms with van der Waals surface area (Å²) < 4.78 is 11.4. The Morgan fingerprint density at radius 2 is 1.70 bits per heavy atom. The molecule has 0 N–H and O–H groups in total. The van der Waals surface area contributed by atoms with Gasteiger partial charge in [-0.15, -0.1) is 25.5 Å². The molecule has 1 heteroatoms. The molecule has 1 unspecified atom stereocenters. The van der Waals surface area contributed by atoms with E-state index in [1.54, 1.807) is 13.8 Å². The Labute approximate surface area is 64.1 Å². The number of rotatable bonds is 1. The van der Waals surface area contributed by atoms with Crippen molar-refractivity contribution in [3.8, 4) is 12.3 Å². The Morgan fingerprint density at radius 1 is 1.60 bits per heavy atom. The van der Waals surface area contributed by atoms with Gasteiger partial charge in [0.2, 0.25) is 0 Å². The Balaban J connectivity index is -0.0000000847. The molecule has 0 amide bonds. The molecule has 10 heavy (non-hydrogen) atoms. The van der Waals surface area contributed by atoms with E-state index in [-0.39, 0.29) is 0 Å². The van der Waals surface area contributed by atoms with Gasteiger partial charge in [0.25, 0.3) is 0 Å². The Morgan fingerprint density at radius 3 is 1.70 bits per heavy atom. The first-order valence-electron chi connectivity index (χ1n) is 3.20. The van der Waals surface area contributed by atoms with Gasteiger partial charge in [-0.25, -0.2) is 4.39 Å². The van der Waals surface area contributed by atoms with Gasteiger partial charge in [0.1, 0.15) is 0 Å². The largest absolute Gasteiger partial charge is 0.248 e. The third kappa shape index (κ3) is 185. The van der Waals surface area contributed by atoms with Crippen LogP contribution < -0.4 is 0 Å². The van der Waals surface area contributed by atoms with Gasteiger partial charge in [-0.3, -0.25) is 0 Å². The summed E-state index contributed by atoms with van der Waals surface area (Å²) in [6.07, 6.45) is 4.62. The van der Waals surface area contributed by atoms with Gasteiger partial charge in [0.15, 0.2) is 0 Å². The summed E-state index contributed by atoms with van der Waals surface area (Å²) in [6.45, 7) is 11.0. The quantitative estimate of drug-likeness (QED) is 0.391. The second-order valence-corrected chi connectivity index (χ2v) is 1.48. The van der Waals surface area contributed by atoms with E-state index in [9.17, 15) is 4.39 Å². The fourth-order valence-corrected chi connectivity index (χ4v) is 0. The van der Waals surface area contributed by atoms with E-state index in [1.165, 1.54) is 0 Å². The molecule has 0 fully saturated rings. The molecular formula is C9H17F. The van der Waals surface area contributed by atoms with Crippen LogP contribution in [0.4, 0.5) is 4.39 Å². The summed E-state index contributed by atoms with van der Waals surface area (Å²) >= 11 is 0. The second-order valence-electron chi connectivity index (χ2n) is 1.48. The van der Waals surface area contributed by atoms with Crippen LogP contribution in [0.5, 0.6) is 0 Å². The van der Waals surface area contributed by atoms with Crippen molar-refractivity contribution in [1.82, 2.24) is 0 Å². The lowest BCUT2D eigenvalue weighted by Crippen LogP contribution is -1.83. The molecule has 0 aromatic carbocycles. The van der Waals surface area contributed by atoms with Crippen LogP contribution >= 0.6 is 0 Å². The van der Waals surface area contributed by atoms with Crippen molar-refractivity contribution in [2.75, 3.05) is 0 Å². The fraction of sp³-hybridized carbons (Fsp3) is 0.556. The van der Waals surface area contributed by atoms with Crippen LogP contribution in [-0.2, 0) is 0 Å². The van der Waals surface area contributed by atoms with E-state index in [4.69, 9.17) is 0 Å². The molecule has 0 heterocycles. The van der Waals surface area contributed by atoms with Crippen molar-refractivity contribution in [1.29, 1.82) is 0 Å². The fourth-order valence-electron chi connectivity index (χ4n) is 0. The summed E-state index contributed by atoms with van der Waals surface area (Å²) in [5.74, 6) is 2.25. The van der Waals surface area contributed by atoms with E-state index in [0.717, 1.165) is 0 Å². The topological polar surface area (TPSA) is 0 Å². The summed E-state index contributed by atoms with van der Waals surface area (Å²) in [7, 11) is 0. The molecule has 0 saturated carbocycles. The first-order chi connectivity index (χ1) is 4.68. The van der Waals surface area contributed by atoms with Gasteiger partial charge in [0, 0.05) is 0 Å². The van der Waals surface area contributed by atoms with E-state index in [1.807, 2.05) is 6.92 Å². The van der Waals surface area contributed by atoms with Crippen LogP contribution in [0.15, 0.2) is 13.2 Å². The van der Waals surface area contributed by atoms with Gasteiger partial charge < -0.3 is 0 Å². The molecule has 0 aliphatic carbocycles. The lowest BCUT2D eigenvalue weighted by molar-refractivity contribution is 0.352. The van der Waals surface area contributed by atoms with Crippen LogP contribution in [0.3, 0.4) is 0 Å². The molecule has 0 aliphatic rings. The smallest absolute Gasteiger partial charge is 0.0971 e. The zero-order valence-electron chi connectivity index (χ0n) is 7.15. The predicted octanol–water partition coefficient (Wildman–Crippen LogP) is 3.20. The van der Waals surface area contributed by atoms with Crippen LogP contribution in [0, 0.1) is 12.3 Å². The molecule has 0 nitrogen and oxygen atoms in total. The zero-order valence-corrected chi connectivity index (χ0v) is 7.15. The molecule has 0 aromatic rings. The first kappa shape index (κ1) is 16.1. The molecular weight excluding hydrogens is 127 g/mol. The highest BCUT2D eigenvalue weighted by Gasteiger charge is 1.85. The lowest BCUT2D eigenvalue weighted by Gasteiger charge is -1.86. The van der Waals surface area contributed by atoms with Gasteiger partial charge >= 0.3 is 0 Å². The van der Waals surface area contributed by atoms with Gasteiger partial charge in [0.05, 0.1) is 6.17 Å². The minimum atomic E-state index is -0.616. The first-order valence-corrected chi connectivity index (χ1v) is 3.20. The molecule has 0 rings (SSSR count). The van der Waals surface area contributed by atoms with Gasteiger partial charge in [-0.05, 0) is 20.3 Å². The molecule has 0 aromatic heterocycles. The van der Waals surface area contributed by atoms with Crippen molar-refractivity contribution in [3.05, 3.63) is 13.2 Å². The highest BCUT2D eigenvalue weighted by atomic mass is 19.1.